The summed E-state index contributed by atoms with van der Waals surface area (Å²) in [5.41, 5.74) is 0.869. The minimum atomic E-state index is -0.00921. The molecule has 1 amide bonds. The average Bonchev–Trinajstić information content (AvgIpc) is 3.42. The first kappa shape index (κ1) is 21.2. The Bertz CT molecular complexity index is 1070. The van der Waals surface area contributed by atoms with Gasteiger partial charge < -0.3 is 14.3 Å². The minimum Gasteiger partial charge on any atom is -0.354 e. The summed E-state index contributed by atoms with van der Waals surface area (Å²) in [4.78, 5) is 29.9. The number of halogens is 1. The van der Waals surface area contributed by atoms with E-state index in [0.29, 0.717) is 35.7 Å². The van der Waals surface area contributed by atoms with Crippen molar-refractivity contribution in [2.75, 3.05) is 18.0 Å². The Hall–Kier alpha value is -3.00. The summed E-state index contributed by atoms with van der Waals surface area (Å²) >= 11 is 6.11. The molecule has 2 aromatic heterocycles. The van der Waals surface area contributed by atoms with Gasteiger partial charge in [-0.05, 0) is 24.6 Å². The molecule has 1 unspecified atom stereocenters. The Morgan fingerprint density at radius 2 is 2.16 bits per heavy atom. The highest BCUT2D eigenvalue weighted by Gasteiger charge is 2.31. The molecule has 1 aromatic carbocycles. The van der Waals surface area contributed by atoms with Crippen LogP contribution in [0.5, 0.6) is 0 Å². The summed E-state index contributed by atoms with van der Waals surface area (Å²) in [7, 11) is 0. The molecule has 1 saturated heterocycles. The van der Waals surface area contributed by atoms with Gasteiger partial charge in [-0.25, -0.2) is 9.97 Å². The lowest BCUT2D eigenvalue weighted by molar-refractivity contribution is -0.131. The van der Waals surface area contributed by atoms with E-state index in [0.717, 1.165) is 24.3 Å². The van der Waals surface area contributed by atoms with Crippen LogP contribution in [0.2, 0.25) is 5.02 Å². The largest absolute Gasteiger partial charge is 0.354 e. The molecule has 31 heavy (non-hydrogen) atoms. The van der Waals surface area contributed by atoms with Crippen LogP contribution in [0.1, 0.15) is 44.8 Å². The van der Waals surface area contributed by atoms with Crippen molar-refractivity contribution in [2.45, 2.75) is 45.7 Å². The van der Waals surface area contributed by atoms with Gasteiger partial charge in [-0.3, -0.25) is 4.79 Å². The van der Waals surface area contributed by atoms with Gasteiger partial charge in [0, 0.05) is 42.7 Å². The van der Waals surface area contributed by atoms with E-state index >= 15 is 0 Å². The van der Waals surface area contributed by atoms with Gasteiger partial charge in [-0.2, -0.15) is 4.98 Å². The standard InChI is InChI=1S/C22H25ClN6O2/c1-14(2)22-25-19(27-31-22)13-29(15(3)30)18-8-10-28(12-18)20-7-9-24-21(26-20)16-5-4-6-17(23)11-16/h4-7,9,11,14,18H,8,10,12-13H2,1-3H3. The molecular weight excluding hydrogens is 416 g/mol. The zero-order valence-corrected chi connectivity index (χ0v) is 18.6. The lowest BCUT2D eigenvalue weighted by Crippen LogP contribution is -2.40. The van der Waals surface area contributed by atoms with Crippen LogP contribution in [0, 0.1) is 0 Å². The van der Waals surface area contributed by atoms with Gasteiger partial charge in [0.1, 0.15) is 5.82 Å². The fourth-order valence-corrected chi connectivity index (χ4v) is 3.90. The van der Waals surface area contributed by atoms with E-state index in [9.17, 15) is 4.79 Å². The summed E-state index contributed by atoms with van der Waals surface area (Å²) in [5, 5.41) is 4.68. The number of rotatable bonds is 6. The fourth-order valence-electron chi connectivity index (χ4n) is 3.71. The molecule has 0 spiro atoms. The quantitative estimate of drug-likeness (QED) is 0.573. The van der Waals surface area contributed by atoms with E-state index < -0.39 is 0 Å². The van der Waals surface area contributed by atoms with Gasteiger partial charge in [0.2, 0.25) is 11.8 Å². The molecule has 162 valence electrons. The molecule has 1 fully saturated rings. The van der Waals surface area contributed by atoms with Crippen molar-refractivity contribution in [1.29, 1.82) is 0 Å². The maximum atomic E-state index is 12.4. The van der Waals surface area contributed by atoms with E-state index in [-0.39, 0.29) is 17.9 Å². The molecule has 9 heteroatoms. The minimum absolute atomic E-state index is 0.00921. The molecule has 0 radical (unpaired) electrons. The molecule has 1 aliphatic heterocycles. The normalized spacial score (nSPS) is 16.2. The van der Waals surface area contributed by atoms with Crippen LogP contribution >= 0.6 is 11.6 Å². The molecular formula is C22H25ClN6O2. The van der Waals surface area contributed by atoms with Crippen LogP contribution in [0.25, 0.3) is 11.4 Å². The van der Waals surface area contributed by atoms with E-state index in [2.05, 4.69) is 20.0 Å². The monoisotopic (exact) mass is 440 g/mol. The maximum Gasteiger partial charge on any atom is 0.229 e. The number of anilines is 1. The van der Waals surface area contributed by atoms with Crippen molar-refractivity contribution in [2.24, 2.45) is 0 Å². The van der Waals surface area contributed by atoms with Gasteiger partial charge in [0.15, 0.2) is 11.6 Å². The van der Waals surface area contributed by atoms with Crippen molar-refractivity contribution >= 4 is 23.3 Å². The Morgan fingerprint density at radius 3 is 2.87 bits per heavy atom. The van der Waals surface area contributed by atoms with Gasteiger partial charge in [-0.15, -0.1) is 0 Å². The molecule has 0 bridgehead atoms. The van der Waals surface area contributed by atoms with E-state index in [4.69, 9.17) is 21.1 Å². The molecule has 1 aliphatic rings. The summed E-state index contributed by atoms with van der Waals surface area (Å²) in [5.74, 6) is 2.71. The lowest BCUT2D eigenvalue weighted by atomic mass is 10.2. The number of carbonyl (C=O) groups excluding carboxylic acids is 1. The Balaban J connectivity index is 1.48. The topological polar surface area (TPSA) is 88.3 Å². The first-order valence-electron chi connectivity index (χ1n) is 10.3. The van der Waals surface area contributed by atoms with Gasteiger partial charge in [0.25, 0.3) is 0 Å². The smallest absolute Gasteiger partial charge is 0.229 e. The molecule has 0 saturated carbocycles. The van der Waals surface area contributed by atoms with Crippen molar-refractivity contribution < 1.29 is 9.32 Å². The summed E-state index contributed by atoms with van der Waals surface area (Å²) < 4.78 is 5.29. The molecule has 8 nitrogen and oxygen atoms in total. The first-order chi connectivity index (χ1) is 14.9. The van der Waals surface area contributed by atoms with Crippen molar-refractivity contribution in [3.63, 3.8) is 0 Å². The van der Waals surface area contributed by atoms with Crippen LogP contribution in [0.3, 0.4) is 0 Å². The van der Waals surface area contributed by atoms with Gasteiger partial charge in [-0.1, -0.05) is 42.7 Å². The summed E-state index contributed by atoms with van der Waals surface area (Å²) in [6.45, 7) is 7.38. The second kappa shape index (κ2) is 9.01. The third kappa shape index (κ3) is 4.85. The van der Waals surface area contributed by atoms with Crippen LogP contribution in [-0.4, -0.2) is 50.0 Å². The molecule has 0 aliphatic carbocycles. The average molecular weight is 441 g/mol. The number of nitrogens with zero attached hydrogens (tertiary/aromatic N) is 6. The number of hydrogen-bond acceptors (Lipinski definition) is 7. The van der Waals surface area contributed by atoms with Crippen LogP contribution in [0.15, 0.2) is 41.1 Å². The SMILES string of the molecule is CC(=O)N(Cc1noc(C(C)C)n1)C1CCN(c2ccnc(-c3cccc(Cl)c3)n2)C1. The zero-order valence-electron chi connectivity index (χ0n) is 17.8. The summed E-state index contributed by atoms with van der Waals surface area (Å²) in [6.07, 6.45) is 2.59. The third-order valence-corrected chi connectivity index (χ3v) is 5.58. The molecule has 0 N–H and O–H groups in total. The number of aromatic nitrogens is 4. The van der Waals surface area contributed by atoms with Crippen LogP contribution in [0.4, 0.5) is 5.82 Å². The summed E-state index contributed by atoms with van der Waals surface area (Å²) in [6, 6.07) is 9.43. The zero-order chi connectivity index (χ0) is 22.0. The fraction of sp³-hybridized carbons (Fsp3) is 0.409. The molecule has 3 aromatic rings. The first-order valence-corrected chi connectivity index (χ1v) is 10.7. The Morgan fingerprint density at radius 1 is 1.32 bits per heavy atom. The highest BCUT2D eigenvalue weighted by atomic mass is 35.5. The molecule has 3 heterocycles. The van der Waals surface area contributed by atoms with Crippen LogP contribution in [-0.2, 0) is 11.3 Å². The number of hydrogen-bond donors (Lipinski definition) is 0. The molecule has 1 atom stereocenters. The number of carbonyl (C=O) groups is 1. The Kier molecular flexibility index (Phi) is 6.18. The number of benzene rings is 1. The van der Waals surface area contributed by atoms with Gasteiger partial charge in [0.05, 0.1) is 12.6 Å². The van der Waals surface area contributed by atoms with E-state index in [1.54, 1.807) is 13.1 Å². The van der Waals surface area contributed by atoms with Gasteiger partial charge >= 0.3 is 0 Å². The second-order valence-electron chi connectivity index (χ2n) is 7.99. The van der Waals surface area contributed by atoms with Crippen molar-refractivity contribution in [3.05, 3.63) is 53.3 Å². The maximum absolute atomic E-state index is 12.4. The van der Waals surface area contributed by atoms with Crippen molar-refractivity contribution in [1.82, 2.24) is 25.0 Å². The van der Waals surface area contributed by atoms with E-state index in [1.165, 1.54) is 0 Å². The molecule has 4 rings (SSSR count). The number of amides is 1. The lowest BCUT2D eigenvalue weighted by Gasteiger charge is -2.27. The van der Waals surface area contributed by atoms with E-state index in [1.807, 2.05) is 49.1 Å². The predicted molar refractivity (Wildman–Crippen MR) is 118 cm³/mol. The van der Waals surface area contributed by atoms with Crippen LogP contribution < -0.4 is 4.90 Å². The van der Waals surface area contributed by atoms with Crippen molar-refractivity contribution in [3.8, 4) is 11.4 Å². The highest BCUT2D eigenvalue weighted by molar-refractivity contribution is 6.30. The highest BCUT2D eigenvalue weighted by Crippen LogP contribution is 2.26. The predicted octanol–water partition coefficient (Wildman–Crippen LogP) is 3.93. The third-order valence-electron chi connectivity index (χ3n) is 5.35. The second-order valence-corrected chi connectivity index (χ2v) is 8.42. The Labute approximate surface area is 186 Å².